The molecule has 0 bridgehead atoms. The van der Waals surface area contributed by atoms with Gasteiger partial charge in [-0.3, -0.25) is 0 Å². The minimum atomic E-state index is -3.74. The summed E-state index contributed by atoms with van der Waals surface area (Å²) in [5.41, 5.74) is 1.24. The Bertz CT molecular complexity index is 746. The van der Waals surface area contributed by atoms with Crippen molar-refractivity contribution in [3.63, 3.8) is 0 Å². The summed E-state index contributed by atoms with van der Waals surface area (Å²) < 4.78 is 33.2. The monoisotopic (exact) mass is 327 g/mol. The number of pyridine rings is 1. The Hall–Kier alpha value is -1.79. The summed E-state index contributed by atoms with van der Waals surface area (Å²) in [6.07, 6.45) is 0. The van der Waals surface area contributed by atoms with Crippen molar-refractivity contribution in [3.05, 3.63) is 47.7 Å². The highest BCUT2D eigenvalue weighted by Crippen LogP contribution is 2.24. The third-order valence-electron chi connectivity index (χ3n) is 2.79. The van der Waals surface area contributed by atoms with Crippen LogP contribution in [0.25, 0.3) is 0 Å². The Morgan fingerprint density at radius 2 is 2.00 bits per heavy atom. The largest absolute Gasteiger partial charge is 0.487 e. The van der Waals surface area contributed by atoms with Crippen LogP contribution in [0.1, 0.15) is 11.3 Å². The fourth-order valence-corrected chi connectivity index (χ4v) is 2.99. The Balaban J connectivity index is 2.12. The first-order valence-corrected chi connectivity index (χ1v) is 8.39. The summed E-state index contributed by atoms with van der Waals surface area (Å²) in [7, 11) is 3.13. The van der Waals surface area contributed by atoms with Crippen LogP contribution in [0, 0.1) is 6.92 Å². The predicted octanol–water partition coefficient (Wildman–Crippen LogP) is 2.91. The normalized spacial score (nSPS) is 11.2. The number of benzene rings is 1. The molecule has 21 heavy (non-hydrogen) atoms. The molecule has 0 amide bonds. The highest BCUT2D eigenvalue weighted by molar-refractivity contribution is 8.13. The van der Waals surface area contributed by atoms with E-state index in [1.54, 1.807) is 32.2 Å². The van der Waals surface area contributed by atoms with E-state index in [1.807, 2.05) is 12.1 Å². The van der Waals surface area contributed by atoms with Gasteiger partial charge in [0.1, 0.15) is 12.4 Å². The number of hydrogen-bond donors (Lipinski definition) is 0. The Morgan fingerprint density at radius 3 is 2.62 bits per heavy atom. The van der Waals surface area contributed by atoms with Crippen molar-refractivity contribution in [1.82, 2.24) is 4.98 Å². The zero-order valence-corrected chi connectivity index (χ0v) is 13.1. The maximum absolute atomic E-state index is 11.3. The molecule has 7 heteroatoms. The lowest BCUT2D eigenvalue weighted by atomic mass is 10.2. The predicted molar refractivity (Wildman–Crippen MR) is 79.3 cm³/mol. The number of aromatic nitrogens is 1. The molecule has 112 valence electrons. The fourth-order valence-electron chi connectivity index (χ4n) is 1.79. The standard InChI is InChI=1S/C14H14ClNO4S/c1-10-8-12(6-7-13(10)21(15,17)18)20-9-11-4-3-5-14(16-11)19-2/h3-8H,9H2,1-2H3. The minimum absolute atomic E-state index is 0.0797. The second-order valence-corrected chi connectivity index (χ2v) is 6.86. The van der Waals surface area contributed by atoms with E-state index in [9.17, 15) is 8.42 Å². The molecule has 0 saturated carbocycles. The average molecular weight is 328 g/mol. The number of ether oxygens (including phenoxy) is 2. The third kappa shape index (κ3) is 4.09. The molecule has 5 nitrogen and oxygen atoms in total. The van der Waals surface area contributed by atoms with E-state index in [-0.39, 0.29) is 11.5 Å². The second kappa shape index (κ2) is 6.32. The molecule has 1 aromatic carbocycles. The summed E-state index contributed by atoms with van der Waals surface area (Å²) in [6, 6.07) is 9.98. The molecule has 2 rings (SSSR count). The van der Waals surface area contributed by atoms with Gasteiger partial charge in [0.2, 0.25) is 5.88 Å². The SMILES string of the molecule is COc1cccc(COc2ccc(S(=O)(=O)Cl)c(C)c2)n1. The van der Waals surface area contributed by atoms with Crippen molar-refractivity contribution in [2.45, 2.75) is 18.4 Å². The Labute approximate surface area is 127 Å². The lowest BCUT2D eigenvalue weighted by molar-refractivity contribution is 0.297. The molecular formula is C14H14ClNO4S. The molecule has 0 N–H and O–H groups in total. The number of nitrogens with zero attached hydrogens (tertiary/aromatic N) is 1. The number of aryl methyl sites for hydroxylation is 1. The molecule has 0 saturated heterocycles. The highest BCUT2D eigenvalue weighted by atomic mass is 35.7. The number of hydrogen-bond acceptors (Lipinski definition) is 5. The van der Waals surface area contributed by atoms with Gasteiger partial charge in [-0.1, -0.05) is 6.07 Å². The van der Waals surface area contributed by atoms with Crippen molar-refractivity contribution in [1.29, 1.82) is 0 Å². The third-order valence-corrected chi connectivity index (χ3v) is 4.27. The summed E-state index contributed by atoms with van der Waals surface area (Å²) in [4.78, 5) is 4.30. The van der Waals surface area contributed by atoms with Crippen LogP contribution < -0.4 is 9.47 Å². The first-order valence-electron chi connectivity index (χ1n) is 6.08. The molecule has 0 fully saturated rings. The maximum atomic E-state index is 11.3. The quantitative estimate of drug-likeness (QED) is 0.790. The van der Waals surface area contributed by atoms with Gasteiger partial charge in [0.05, 0.1) is 17.7 Å². The highest BCUT2D eigenvalue weighted by Gasteiger charge is 2.13. The van der Waals surface area contributed by atoms with E-state index in [1.165, 1.54) is 6.07 Å². The lowest BCUT2D eigenvalue weighted by Gasteiger charge is -2.09. The van der Waals surface area contributed by atoms with Crippen LogP contribution in [-0.2, 0) is 15.7 Å². The summed E-state index contributed by atoms with van der Waals surface area (Å²) in [5.74, 6) is 1.05. The number of halogens is 1. The molecule has 0 aliphatic heterocycles. The lowest BCUT2D eigenvalue weighted by Crippen LogP contribution is -2.01. The average Bonchev–Trinajstić information content (AvgIpc) is 2.44. The number of rotatable bonds is 5. The molecular weight excluding hydrogens is 314 g/mol. The van der Waals surface area contributed by atoms with E-state index in [0.29, 0.717) is 22.9 Å². The Morgan fingerprint density at radius 1 is 1.24 bits per heavy atom. The Kier molecular flexibility index (Phi) is 4.69. The van der Waals surface area contributed by atoms with E-state index in [4.69, 9.17) is 20.2 Å². The van der Waals surface area contributed by atoms with Crippen molar-refractivity contribution < 1.29 is 17.9 Å². The molecule has 0 spiro atoms. The van der Waals surface area contributed by atoms with Crippen LogP contribution in [0.15, 0.2) is 41.3 Å². The molecule has 0 aliphatic carbocycles. The summed E-state index contributed by atoms with van der Waals surface area (Å²) in [5, 5.41) is 0. The van der Waals surface area contributed by atoms with E-state index >= 15 is 0 Å². The molecule has 0 aliphatic rings. The molecule has 0 atom stereocenters. The molecule has 1 aromatic heterocycles. The molecule has 0 unspecified atom stereocenters. The summed E-state index contributed by atoms with van der Waals surface area (Å²) >= 11 is 0. The first-order chi connectivity index (χ1) is 9.90. The first kappa shape index (κ1) is 15.6. The van der Waals surface area contributed by atoms with Gasteiger partial charge >= 0.3 is 0 Å². The van der Waals surface area contributed by atoms with Crippen LogP contribution in [0.5, 0.6) is 11.6 Å². The van der Waals surface area contributed by atoms with Crippen LogP contribution in [-0.4, -0.2) is 20.5 Å². The molecule has 0 radical (unpaired) electrons. The van der Waals surface area contributed by atoms with Crippen molar-refractivity contribution in [3.8, 4) is 11.6 Å². The molecule has 1 heterocycles. The van der Waals surface area contributed by atoms with Gasteiger partial charge in [0.15, 0.2) is 0 Å². The van der Waals surface area contributed by atoms with Gasteiger partial charge < -0.3 is 9.47 Å². The van der Waals surface area contributed by atoms with Crippen LogP contribution in [0.3, 0.4) is 0 Å². The van der Waals surface area contributed by atoms with Crippen molar-refractivity contribution in [2.75, 3.05) is 7.11 Å². The maximum Gasteiger partial charge on any atom is 0.261 e. The van der Waals surface area contributed by atoms with E-state index < -0.39 is 9.05 Å². The van der Waals surface area contributed by atoms with Crippen molar-refractivity contribution >= 4 is 19.7 Å². The van der Waals surface area contributed by atoms with Crippen LogP contribution in [0.4, 0.5) is 0 Å². The van der Waals surface area contributed by atoms with Gasteiger partial charge in [0, 0.05) is 16.7 Å². The van der Waals surface area contributed by atoms with Gasteiger partial charge in [-0.2, -0.15) is 0 Å². The van der Waals surface area contributed by atoms with Crippen LogP contribution >= 0.6 is 10.7 Å². The van der Waals surface area contributed by atoms with E-state index in [0.717, 1.165) is 0 Å². The molecule has 2 aromatic rings. The van der Waals surface area contributed by atoms with Gasteiger partial charge in [-0.25, -0.2) is 13.4 Å². The number of methoxy groups -OCH3 is 1. The van der Waals surface area contributed by atoms with Crippen LogP contribution in [0.2, 0.25) is 0 Å². The zero-order valence-electron chi connectivity index (χ0n) is 11.5. The fraction of sp³-hybridized carbons (Fsp3) is 0.214. The van der Waals surface area contributed by atoms with Gasteiger partial charge in [-0.05, 0) is 36.8 Å². The van der Waals surface area contributed by atoms with Gasteiger partial charge in [0.25, 0.3) is 9.05 Å². The van der Waals surface area contributed by atoms with E-state index in [2.05, 4.69) is 4.98 Å². The van der Waals surface area contributed by atoms with Gasteiger partial charge in [-0.15, -0.1) is 0 Å². The zero-order chi connectivity index (χ0) is 15.5. The van der Waals surface area contributed by atoms with Crippen molar-refractivity contribution in [2.24, 2.45) is 0 Å². The second-order valence-electron chi connectivity index (χ2n) is 4.33. The minimum Gasteiger partial charge on any atom is -0.487 e. The topological polar surface area (TPSA) is 65.5 Å². The summed E-state index contributed by atoms with van der Waals surface area (Å²) in [6.45, 7) is 1.91. The smallest absolute Gasteiger partial charge is 0.261 e.